The molecule has 0 spiro atoms. The van der Waals surface area contributed by atoms with Gasteiger partial charge in [-0.1, -0.05) is 0 Å². The van der Waals surface area contributed by atoms with Crippen LogP contribution in [0.25, 0.3) is 10.9 Å². The molecule has 0 unspecified atom stereocenters. The molecule has 0 radical (unpaired) electrons. The number of benzene rings is 1. The topological polar surface area (TPSA) is 92.0 Å². The van der Waals surface area contributed by atoms with Crippen molar-refractivity contribution in [3.8, 4) is 0 Å². The lowest BCUT2D eigenvalue weighted by Gasteiger charge is -2.07. The Bertz CT molecular complexity index is 712. The van der Waals surface area contributed by atoms with E-state index in [1.807, 2.05) is 0 Å². The second kappa shape index (κ2) is 4.48. The first-order valence-electron chi connectivity index (χ1n) is 5.44. The summed E-state index contributed by atoms with van der Waals surface area (Å²) in [5.74, 6) is -0.502. The van der Waals surface area contributed by atoms with E-state index in [1.165, 1.54) is 18.2 Å². The van der Waals surface area contributed by atoms with E-state index in [-0.39, 0.29) is 17.1 Å². The van der Waals surface area contributed by atoms with Crippen LogP contribution in [-0.2, 0) is 4.74 Å². The Morgan fingerprint density at radius 2 is 1.94 bits per heavy atom. The van der Waals surface area contributed by atoms with Crippen LogP contribution < -0.4 is 11.2 Å². The van der Waals surface area contributed by atoms with Gasteiger partial charge in [-0.15, -0.1) is 0 Å². The molecule has 1 heterocycles. The molecule has 6 nitrogen and oxygen atoms in total. The van der Waals surface area contributed by atoms with Gasteiger partial charge in [0, 0.05) is 0 Å². The van der Waals surface area contributed by atoms with Gasteiger partial charge in [-0.25, -0.2) is 9.59 Å². The summed E-state index contributed by atoms with van der Waals surface area (Å²) in [6, 6.07) is 4.40. The van der Waals surface area contributed by atoms with Crippen molar-refractivity contribution in [2.24, 2.45) is 0 Å². The number of hydrogen-bond donors (Lipinski definition) is 2. The number of hydrogen-bond acceptors (Lipinski definition) is 4. The quantitative estimate of drug-likeness (QED) is 0.768. The van der Waals surface area contributed by atoms with Gasteiger partial charge in [0.1, 0.15) is 0 Å². The van der Waals surface area contributed by atoms with Crippen molar-refractivity contribution in [3.05, 3.63) is 44.6 Å². The number of esters is 1. The molecule has 0 saturated carbocycles. The summed E-state index contributed by atoms with van der Waals surface area (Å²) in [5, 5.41) is 0.243. The van der Waals surface area contributed by atoms with E-state index in [9.17, 15) is 14.4 Å². The van der Waals surface area contributed by atoms with Gasteiger partial charge in [0.05, 0.1) is 22.6 Å². The van der Waals surface area contributed by atoms with E-state index < -0.39 is 17.2 Å². The molecule has 94 valence electrons. The Hall–Kier alpha value is -2.37. The van der Waals surface area contributed by atoms with Crippen LogP contribution in [0.2, 0.25) is 0 Å². The molecule has 0 bridgehead atoms. The lowest BCUT2D eigenvalue weighted by molar-refractivity contribution is 0.0378. The normalized spacial score (nSPS) is 10.8. The van der Waals surface area contributed by atoms with E-state index >= 15 is 0 Å². The van der Waals surface area contributed by atoms with E-state index in [4.69, 9.17) is 4.74 Å². The summed E-state index contributed by atoms with van der Waals surface area (Å²) < 4.78 is 5.03. The molecule has 2 N–H and O–H groups in total. The minimum atomic E-state index is -0.579. The molecule has 2 aromatic rings. The molecule has 1 aromatic heterocycles. The maximum Gasteiger partial charge on any atom is 0.338 e. The SMILES string of the molecule is CC(C)OC(=O)c1ccc2[nH]c(=O)[nH]c(=O)c2c1. The van der Waals surface area contributed by atoms with Gasteiger partial charge in [0.25, 0.3) is 5.56 Å². The highest BCUT2D eigenvalue weighted by Crippen LogP contribution is 2.10. The minimum Gasteiger partial charge on any atom is -0.459 e. The zero-order valence-corrected chi connectivity index (χ0v) is 9.94. The van der Waals surface area contributed by atoms with Crippen molar-refractivity contribution in [1.29, 1.82) is 0 Å². The molecule has 1 aromatic carbocycles. The fourth-order valence-electron chi connectivity index (χ4n) is 1.57. The van der Waals surface area contributed by atoms with Crippen LogP contribution in [-0.4, -0.2) is 22.0 Å². The molecular weight excluding hydrogens is 236 g/mol. The lowest BCUT2D eigenvalue weighted by atomic mass is 10.1. The monoisotopic (exact) mass is 248 g/mol. The predicted octanol–water partition coefficient (Wildman–Crippen LogP) is 0.782. The molecule has 0 aliphatic heterocycles. The Morgan fingerprint density at radius 3 is 2.61 bits per heavy atom. The van der Waals surface area contributed by atoms with Crippen molar-refractivity contribution in [2.45, 2.75) is 20.0 Å². The lowest BCUT2D eigenvalue weighted by Crippen LogP contribution is -2.22. The van der Waals surface area contributed by atoms with Crippen molar-refractivity contribution < 1.29 is 9.53 Å². The summed E-state index contributed by atoms with van der Waals surface area (Å²) in [4.78, 5) is 38.9. The number of carbonyl (C=O) groups excluding carboxylic acids is 1. The third-order valence-electron chi connectivity index (χ3n) is 2.32. The summed E-state index contributed by atoms with van der Waals surface area (Å²) in [6.45, 7) is 3.48. The number of H-pyrrole nitrogens is 2. The fraction of sp³-hybridized carbons (Fsp3) is 0.250. The smallest absolute Gasteiger partial charge is 0.338 e. The van der Waals surface area contributed by atoms with Gasteiger partial charge in [0.2, 0.25) is 0 Å². The van der Waals surface area contributed by atoms with Gasteiger partial charge in [0.15, 0.2) is 0 Å². The molecular formula is C12H12N2O4. The van der Waals surface area contributed by atoms with Crippen LogP contribution in [0.15, 0.2) is 27.8 Å². The summed E-state index contributed by atoms with van der Waals surface area (Å²) >= 11 is 0. The summed E-state index contributed by atoms with van der Waals surface area (Å²) in [6.07, 6.45) is -0.234. The van der Waals surface area contributed by atoms with Crippen molar-refractivity contribution in [1.82, 2.24) is 9.97 Å². The average Bonchev–Trinajstić information content (AvgIpc) is 2.27. The molecule has 0 saturated heterocycles. The number of fused-ring (bicyclic) bond motifs is 1. The molecule has 0 atom stereocenters. The molecule has 0 aliphatic carbocycles. The van der Waals surface area contributed by atoms with Crippen LogP contribution in [0, 0.1) is 0 Å². The van der Waals surface area contributed by atoms with E-state index in [0.29, 0.717) is 5.52 Å². The maximum atomic E-state index is 11.7. The van der Waals surface area contributed by atoms with Gasteiger partial charge < -0.3 is 9.72 Å². The molecule has 2 rings (SSSR count). The highest BCUT2D eigenvalue weighted by Gasteiger charge is 2.11. The third kappa shape index (κ3) is 2.32. The number of aromatic nitrogens is 2. The maximum absolute atomic E-state index is 11.7. The molecule has 0 amide bonds. The van der Waals surface area contributed by atoms with Gasteiger partial charge in [-0.2, -0.15) is 0 Å². The highest BCUT2D eigenvalue weighted by atomic mass is 16.5. The van der Waals surface area contributed by atoms with Crippen LogP contribution in [0.4, 0.5) is 0 Å². The van der Waals surface area contributed by atoms with Crippen molar-refractivity contribution in [2.75, 3.05) is 0 Å². The molecule has 0 fully saturated rings. The van der Waals surface area contributed by atoms with E-state index in [2.05, 4.69) is 9.97 Å². The van der Waals surface area contributed by atoms with E-state index in [0.717, 1.165) is 0 Å². The standard InChI is InChI=1S/C12H12N2O4/c1-6(2)18-11(16)7-3-4-9-8(5-7)10(15)14-12(17)13-9/h3-6H,1-2H3,(H2,13,14,15,17). The predicted molar refractivity (Wildman–Crippen MR) is 65.7 cm³/mol. The van der Waals surface area contributed by atoms with Crippen LogP contribution in [0.5, 0.6) is 0 Å². The van der Waals surface area contributed by atoms with E-state index in [1.54, 1.807) is 13.8 Å². The van der Waals surface area contributed by atoms with Gasteiger partial charge in [-0.3, -0.25) is 9.78 Å². The molecule has 6 heteroatoms. The molecule has 18 heavy (non-hydrogen) atoms. The zero-order valence-electron chi connectivity index (χ0n) is 9.94. The number of carbonyl (C=O) groups is 1. The second-order valence-electron chi connectivity index (χ2n) is 4.12. The van der Waals surface area contributed by atoms with Crippen molar-refractivity contribution >= 4 is 16.9 Å². The minimum absolute atomic E-state index is 0.234. The summed E-state index contributed by atoms with van der Waals surface area (Å²) in [5.41, 5.74) is -0.462. The molecule has 0 aliphatic rings. The van der Waals surface area contributed by atoms with Gasteiger partial charge >= 0.3 is 11.7 Å². The van der Waals surface area contributed by atoms with Crippen molar-refractivity contribution in [3.63, 3.8) is 0 Å². The largest absolute Gasteiger partial charge is 0.459 e. The third-order valence-corrected chi connectivity index (χ3v) is 2.32. The summed E-state index contributed by atoms with van der Waals surface area (Å²) in [7, 11) is 0. The Balaban J connectivity index is 2.54. The number of aromatic amines is 2. The van der Waals surface area contributed by atoms with Gasteiger partial charge in [-0.05, 0) is 32.0 Å². The van der Waals surface area contributed by atoms with Crippen LogP contribution in [0.1, 0.15) is 24.2 Å². The first-order chi connectivity index (χ1) is 8.47. The highest BCUT2D eigenvalue weighted by molar-refractivity contribution is 5.94. The first kappa shape index (κ1) is 12.1. The zero-order chi connectivity index (χ0) is 13.3. The second-order valence-corrected chi connectivity index (χ2v) is 4.12. The Kier molecular flexibility index (Phi) is 3.01. The first-order valence-corrected chi connectivity index (χ1v) is 5.44. The van der Waals surface area contributed by atoms with Crippen LogP contribution in [0.3, 0.4) is 0 Å². The Labute approximate surface area is 102 Å². The number of nitrogens with one attached hydrogen (secondary N) is 2. The average molecular weight is 248 g/mol. The number of rotatable bonds is 2. The number of ether oxygens (including phenoxy) is 1. The Morgan fingerprint density at radius 1 is 1.22 bits per heavy atom. The fourth-order valence-corrected chi connectivity index (χ4v) is 1.57. The van der Waals surface area contributed by atoms with Crippen LogP contribution >= 0.6 is 0 Å².